The second-order valence-electron chi connectivity index (χ2n) is 5.25. The standard InChI is InChI=1S/C15H20FN3/c1-10(2)7-17-8-13-9-18-15(19-13)12-5-4-11(3)14(16)6-12/h4-6,9-10,17H,7-8H2,1-3H3,(H,18,19). The first-order chi connectivity index (χ1) is 9.06. The first-order valence-electron chi connectivity index (χ1n) is 6.57. The lowest BCUT2D eigenvalue weighted by Gasteiger charge is -2.05. The van der Waals surface area contributed by atoms with Crippen molar-refractivity contribution in [3.8, 4) is 11.4 Å². The van der Waals surface area contributed by atoms with Crippen molar-refractivity contribution in [1.82, 2.24) is 15.3 Å². The monoisotopic (exact) mass is 261 g/mol. The second kappa shape index (κ2) is 5.97. The van der Waals surface area contributed by atoms with Crippen LogP contribution in [0.3, 0.4) is 0 Å². The molecule has 0 aliphatic rings. The first-order valence-corrected chi connectivity index (χ1v) is 6.57. The number of nitrogens with one attached hydrogen (secondary N) is 2. The van der Waals surface area contributed by atoms with Crippen LogP contribution < -0.4 is 5.32 Å². The maximum absolute atomic E-state index is 13.5. The van der Waals surface area contributed by atoms with E-state index in [0.29, 0.717) is 17.3 Å². The molecule has 0 radical (unpaired) electrons. The van der Waals surface area contributed by atoms with Gasteiger partial charge in [0.05, 0.1) is 0 Å². The number of hydrogen-bond acceptors (Lipinski definition) is 2. The molecule has 0 unspecified atom stereocenters. The third-order valence-corrected chi connectivity index (χ3v) is 2.94. The average Bonchev–Trinajstić information content (AvgIpc) is 2.81. The summed E-state index contributed by atoms with van der Waals surface area (Å²) in [5.41, 5.74) is 2.43. The van der Waals surface area contributed by atoms with Crippen molar-refractivity contribution in [1.29, 1.82) is 0 Å². The van der Waals surface area contributed by atoms with Gasteiger partial charge < -0.3 is 10.3 Å². The van der Waals surface area contributed by atoms with Gasteiger partial charge in [-0.1, -0.05) is 26.0 Å². The molecule has 3 nitrogen and oxygen atoms in total. The van der Waals surface area contributed by atoms with Gasteiger partial charge in [0.2, 0.25) is 0 Å². The van der Waals surface area contributed by atoms with Crippen molar-refractivity contribution in [2.75, 3.05) is 6.54 Å². The zero-order chi connectivity index (χ0) is 13.8. The number of nitrogens with zero attached hydrogens (tertiary/aromatic N) is 1. The lowest BCUT2D eigenvalue weighted by atomic mass is 10.1. The molecule has 0 saturated heterocycles. The fourth-order valence-electron chi connectivity index (χ4n) is 1.83. The largest absolute Gasteiger partial charge is 0.341 e. The Labute approximate surface area is 113 Å². The van der Waals surface area contributed by atoms with Gasteiger partial charge in [0.25, 0.3) is 0 Å². The lowest BCUT2D eigenvalue weighted by molar-refractivity contribution is 0.549. The Hall–Kier alpha value is -1.68. The average molecular weight is 261 g/mol. The summed E-state index contributed by atoms with van der Waals surface area (Å²) in [6.07, 6.45) is 1.79. The molecule has 0 atom stereocenters. The molecule has 0 amide bonds. The van der Waals surface area contributed by atoms with Crippen molar-refractivity contribution in [3.05, 3.63) is 41.5 Å². The predicted octanol–water partition coefficient (Wildman–Crippen LogP) is 3.27. The molecule has 102 valence electrons. The molecule has 0 fully saturated rings. The Kier molecular flexibility index (Phi) is 4.32. The van der Waals surface area contributed by atoms with Gasteiger partial charge in [0.15, 0.2) is 0 Å². The van der Waals surface area contributed by atoms with Crippen LogP contribution in [0, 0.1) is 18.7 Å². The van der Waals surface area contributed by atoms with Gasteiger partial charge in [-0.25, -0.2) is 9.37 Å². The SMILES string of the molecule is Cc1ccc(-c2ncc(CNCC(C)C)[nH]2)cc1F. The molecule has 0 aliphatic heterocycles. The Bertz CT molecular complexity index is 546. The molecule has 1 aromatic heterocycles. The normalized spacial score (nSPS) is 11.2. The van der Waals surface area contributed by atoms with E-state index in [0.717, 1.165) is 24.3 Å². The summed E-state index contributed by atoms with van der Waals surface area (Å²) in [6.45, 7) is 7.80. The van der Waals surface area contributed by atoms with Crippen LogP contribution in [0.25, 0.3) is 11.4 Å². The van der Waals surface area contributed by atoms with E-state index in [4.69, 9.17) is 0 Å². The van der Waals surface area contributed by atoms with E-state index in [1.165, 1.54) is 6.07 Å². The number of imidazole rings is 1. The van der Waals surface area contributed by atoms with E-state index in [1.54, 1.807) is 19.2 Å². The maximum atomic E-state index is 13.5. The van der Waals surface area contributed by atoms with Crippen molar-refractivity contribution < 1.29 is 4.39 Å². The quantitative estimate of drug-likeness (QED) is 0.867. The predicted molar refractivity (Wildman–Crippen MR) is 75.3 cm³/mol. The van der Waals surface area contributed by atoms with E-state index in [2.05, 4.69) is 29.1 Å². The summed E-state index contributed by atoms with van der Waals surface area (Å²) in [5, 5.41) is 3.34. The van der Waals surface area contributed by atoms with E-state index in [1.807, 2.05) is 6.07 Å². The molecule has 0 saturated carbocycles. The molecule has 2 N–H and O–H groups in total. The molecule has 1 heterocycles. The fourth-order valence-corrected chi connectivity index (χ4v) is 1.83. The van der Waals surface area contributed by atoms with Crippen molar-refractivity contribution in [3.63, 3.8) is 0 Å². The number of hydrogen-bond donors (Lipinski definition) is 2. The molecule has 1 aromatic carbocycles. The highest BCUT2D eigenvalue weighted by molar-refractivity contribution is 5.55. The summed E-state index contributed by atoms with van der Waals surface area (Å²) in [5.74, 6) is 1.13. The third-order valence-electron chi connectivity index (χ3n) is 2.94. The fraction of sp³-hybridized carbons (Fsp3) is 0.400. The van der Waals surface area contributed by atoms with E-state index in [9.17, 15) is 4.39 Å². The van der Waals surface area contributed by atoms with E-state index < -0.39 is 0 Å². The van der Waals surface area contributed by atoms with Crippen LogP contribution in [0.2, 0.25) is 0 Å². The molecule has 2 rings (SSSR count). The van der Waals surface area contributed by atoms with Gasteiger partial charge in [0.1, 0.15) is 11.6 Å². The highest BCUT2D eigenvalue weighted by Gasteiger charge is 2.06. The Morgan fingerprint density at radius 1 is 1.37 bits per heavy atom. The van der Waals surface area contributed by atoms with Crippen molar-refractivity contribution in [2.24, 2.45) is 5.92 Å². The maximum Gasteiger partial charge on any atom is 0.137 e. The molecule has 0 bridgehead atoms. The summed E-state index contributed by atoms with van der Waals surface area (Å²) >= 11 is 0. The summed E-state index contributed by atoms with van der Waals surface area (Å²) < 4.78 is 13.5. The van der Waals surface area contributed by atoms with Gasteiger partial charge >= 0.3 is 0 Å². The van der Waals surface area contributed by atoms with Gasteiger partial charge in [-0.15, -0.1) is 0 Å². The highest BCUT2D eigenvalue weighted by Crippen LogP contribution is 2.18. The summed E-state index contributed by atoms with van der Waals surface area (Å²) in [4.78, 5) is 7.50. The van der Waals surface area contributed by atoms with Crippen LogP contribution in [0.4, 0.5) is 4.39 Å². The van der Waals surface area contributed by atoms with Gasteiger partial charge in [-0.05, 0) is 31.0 Å². The summed E-state index contributed by atoms with van der Waals surface area (Å²) in [6, 6.07) is 5.16. The molecule has 0 spiro atoms. The van der Waals surface area contributed by atoms with Crippen LogP contribution in [0.1, 0.15) is 25.1 Å². The number of aryl methyl sites for hydroxylation is 1. The number of rotatable bonds is 5. The molecular formula is C15H20FN3. The third kappa shape index (κ3) is 3.64. The number of aromatic amines is 1. The van der Waals surface area contributed by atoms with Crippen LogP contribution in [0.5, 0.6) is 0 Å². The molecule has 2 aromatic rings. The minimum atomic E-state index is -0.201. The minimum absolute atomic E-state index is 0.201. The highest BCUT2D eigenvalue weighted by atomic mass is 19.1. The van der Waals surface area contributed by atoms with Crippen LogP contribution >= 0.6 is 0 Å². The smallest absolute Gasteiger partial charge is 0.137 e. The zero-order valence-electron chi connectivity index (χ0n) is 11.6. The number of H-pyrrole nitrogens is 1. The summed E-state index contributed by atoms with van der Waals surface area (Å²) in [7, 11) is 0. The minimum Gasteiger partial charge on any atom is -0.341 e. The van der Waals surface area contributed by atoms with E-state index in [-0.39, 0.29) is 5.82 Å². The van der Waals surface area contributed by atoms with Crippen molar-refractivity contribution in [2.45, 2.75) is 27.3 Å². The Morgan fingerprint density at radius 3 is 2.84 bits per heavy atom. The van der Waals surface area contributed by atoms with Crippen molar-refractivity contribution >= 4 is 0 Å². The number of benzene rings is 1. The number of aromatic nitrogens is 2. The lowest BCUT2D eigenvalue weighted by Crippen LogP contribution is -2.19. The van der Waals surface area contributed by atoms with Crippen LogP contribution in [0.15, 0.2) is 24.4 Å². The Morgan fingerprint density at radius 2 is 2.16 bits per heavy atom. The topological polar surface area (TPSA) is 40.7 Å². The van der Waals surface area contributed by atoms with Gasteiger partial charge in [0, 0.05) is 24.0 Å². The van der Waals surface area contributed by atoms with E-state index >= 15 is 0 Å². The zero-order valence-corrected chi connectivity index (χ0v) is 11.6. The molecular weight excluding hydrogens is 241 g/mol. The van der Waals surface area contributed by atoms with Gasteiger partial charge in [-0.2, -0.15) is 0 Å². The molecule has 19 heavy (non-hydrogen) atoms. The first kappa shape index (κ1) is 13.7. The number of halogens is 1. The van der Waals surface area contributed by atoms with Crippen LogP contribution in [-0.2, 0) is 6.54 Å². The molecule has 4 heteroatoms. The molecule has 0 aliphatic carbocycles. The Balaban J connectivity index is 2.05. The van der Waals surface area contributed by atoms with Crippen LogP contribution in [-0.4, -0.2) is 16.5 Å². The van der Waals surface area contributed by atoms with Gasteiger partial charge in [-0.3, -0.25) is 0 Å². The second-order valence-corrected chi connectivity index (χ2v) is 5.25.